The number of benzene rings is 1. The van der Waals surface area contributed by atoms with Crippen LogP contribution in [0, 0.1) is 0 Å². The molecule has 3 nitrogen and oxygen atoms in total. The van der Waals surface area contributed by atoms with Gasteiger partial charge in [0.2, 0.25) is 0 Å². The summed E-state index contributed by atoms with van der Waals surface area (Å²) in [6.45, 7) is 5.76. The van der Waals surface area contributed by atoms with E-state index in [4.69, 9.17) is 21.1 Å². The van der Waals surface area contributed by atoms with Gasteiger partial charge in [0.15, 0.2) is 11.5 Å². The zero-order valence-corrected chi connectivity index (χ0v) is 13.0. The summed E-state index contributed by atoms with van der Waals surface area (Å²) in [7, 11) is 0. The van der Waals surface area contributed by atoms with Gasteiger partial charge in [-0.05, 0) is 56.5 Å². The number of nitrogens with one attached hydrogen (secondary N) is 1. The summed E-state index contributed by atoms with van der Waals surface area (Å²) in [4.78, 5) is 0. The SMILES string of the molecule is CCCNCCCCc1cc(Cl)c2c(c1)OCCCO2. The number of halogens is 1. The molecule has 0 aromatic heterocycles. The lowest BCUT2D eigenvalue weighted by atomic mass is 10.1. The molecule has 0 fully saturated rings. The third-order valence-corrected chi connectivity index (χ3v) is 3.64. The molecule has 2 rings (SSSR count). The quantitative estimate of drug-likeness (QED) is 0.776. The van der Waals surface area contributed by atoms with E-state index in [9.17, 15) is 0 Å². The summed E-state index contributed by atoms with van der Waals surface area (Å²) in [5, 5.41) is 4.09. The van der Waals surface area contributed by atoms with Crippen molar-refractivity contribution in [1.82, 2.24) is 5.32 Å². The number of rotatable bonds is 7. The first kappa shape index (κ1) is 15.5. The zero-order valence-electron chi connectivity index (χ0n) is 12.2. The Kier molecular flexibility index (Phi) is 6.48. The predicted octanol–water partition coefficient (Wildman–Crippen LogP) is 3.82. The lowest BCUT2D eigenvalue weighted by Crippen LogP contribution is -2.15. The van der Waals surface area contributed by atoms with Crippen LogP contribution in [0.4, 0.5) is 0 Å². The fourth-order valence-electron chi connectivity index (χ4n) is 2.31. The summed E-state index contributed by atoms with van der Waals surface area (Å²) >= 11 is 6.28. The summed E-state index contributed by atoms with van der Waals surface area (Å²) in [5.74, 6) is 1.51. The summed E-state index contributed by atoms with van der Waals surface area (Å²) in [5.41, 5.74) is 1.23. The second kappa shape index (κ2) is 8.38. The minimum Gasteiger partial charge on any atom is -0.489 e. The van der Waals surface area contributed by atoms with E-state index in [1.54, 1.807) is 0 Å². The first-order valence-corrected chi connectivity index (χ1v) is 7.98. The highest BCUT2D eigenvalue weighted by molar-refractivity contribution is 6.32. The van der Waals surface area contributed by atoms with Crippen LogP contribution >= 0.6 is 11.6 Å². The number of unbranched alkanes of at least 4 members (excludes halogenated alkanes) is 1. The molecule has 1 heterocycles. The highest BCUT2D eigenvalue weighted by atomic mass is 35.5. The zero-order chi connectivity index (χ0) is 14.2. The highest BCUT2D eigenvalue weighted by Gasteiger charge is 2.15. The molecule has 0 radical (unpaired) electrons. The Balaban J connectivity index is 1.86. The standard InChI is InChI=1S/C16H24ClNO2/c1-2-7-18-8-4-3-6-13-11-14(17)16-15(12-13)19-9-5-10-20-16/h11-12,18H,2-10H2,1H3. The molecule has 1 aromatic rings. The van der Waals surface area contributed by atoms with Gasteiger partial charge in [0.05, 0.1) is 18.2 Å². The van der Waals surface area contributed by atoms with Crippen LogP contribution in [0.15, 0.2) is 12.1 Å². The minimum absolute atomic E-state index is 0.670. The topological polar surface area (TPSA) is 30.5 Å². The average Bonchev–Trinajstić information content (AvgIpc) is 2.68. The van der Waals surface area contributed by atoms with Crippen molar-refractivity contribution in [3.05, 3.63) is 22.7 Å². The molecule has 1 N–H and O–H groups in total. The number of aryl methyl sites for hydroxylation is 1. The van der Waals surface area contributed by atoms with Gasteiger partial charge in [0.25, 0.3) is 0 Å². The normalized spacial score (nSPS) is 14.1. The van der Waals surface area contributed by atoms with Gasteiger partial charge in [-0.1, -0.05) is 18.5 Å². The maximum atomic E-state index is 6.28. The molecule has 0 unspecified atom stereocenters. The second-order valence-corrected chi connectivity index (χ2v) is 5.57. The molecule has 0 amide bonds. The van der Waals surface area contributed by atoms with Gasteiger partial charge in [-0.3, -0.25) is 0 Å². The third-order valence-electron chi connectivity index (χ3n) is 3.36. The predicted molar refractivity (Wildman–Crippen MR) is 83.2 cm³/mol. The van der Waals surface area contributed by atoms with Crippen molar-refractivity contribution in [3.8, 4) is 11.5 Å². The van der Waals surface area contributed by atoms with Crippen LogP contribution in [0.2, 0.25) is 5.02 Å². The van der Waals surface area contributed by atoms with Crippen molar-refractivity contribution in [3.63, 3.8) is 0 Å². The minimum atomic E-state index is 0.670. The largest absolute Gasteiger partial charge is 0.489 e. The maximum Gasteiger partial charge on any atom is 0.179 e. The third kappa shape index (κ3) is 4.57. The van der Waals surface area contributed by atoms with Gasteiger partial charge in [0, 0.05) is 6.42 Å². The first-order valence-electron chi connectivity index (χ1n) is 7.60. The Hall–Kier alpha value is -0.930. The molecule has 1 aliphatic rings. The average molecular weight is 298 g/mol. The molecule has 0 spiro atoms. The number of hydrogen-bond donors (Lipinski definition) is 1. The van der Waals surface area contributed by atoms with E-state index in [0.29, 0.717) is 24.0 Å². The van der Waals surface area contributed by atoms with Crippen LogP contribution in [0.25, 0.3) is 0 Å². The van der Waals surface area contributed by atoms with Crippen LogP contribution in [0.1, 0.15) is 38.2 Å². The van der Waals surface area contributed by atoms with Gasteiger partial charge in [-0.2, -0.15) is 0 Å². The van der Waals surface area contributed by atoms with Gasteiger partial charge in [-0.25, -0.2) is 0 Å². The molecule has 0 saturated carbocycles. The Morgan fingerprint density at radius 3 is 2.85 bits per heavy atom. The van der Waals surface area contributed by atoms with Crippen LogP contribution in [-0.4, -0.2) is 26.3 Å². The van der Waals surface area contributed by atoms with E-state index in [1.165, 1.54) is 18.4 Å². The Morgan fingerprint density at radius 2 is 2.00 bits per heavy atom. The Labute approximate surface area is 126 Å². The van der Waals surface area contributed by atoms with Gasteiger partial charge in [-0.15, -0.1) is 0 Å². The van der Waals surface area contributed by atoms with Crippen molar-refractivity contribution in [1.29, 1.82) is 0 Å². The first-order chi connectivity index (χ1) is 9.81. The molecule has 0 saturated heterocycles. The van der Waals surface area contributed by atoms with Crippen LogP contribution < -0.4 is 14.8 Å². The molecule has 0 bridgehead atoms. The van der Waals surface area contributed by atoms with E-state index in [1.807, 2.05) is 6.07 Å². The van der Waals surface area contributed by atoms with Crippen LogP contribution in [-0.2, 0) is 6.42 Å². The number of ether oxygens (including phenoxy) is 2. The van der Waals surface area contributed by atoms with E-state index in [2.05, 4.69) is 18.3 Å². The maximum absolute atomic E-state index is 6.28. The molecule has 4 heteroatoms. The van der Waals surface area contributed by atoms with Crippen LogP contribution in [0.5, 0.6) is 11.5 Å². The Bertz CT molecular complexity index is 423. The van der Waals surface area contributed by atoms with Gasteiger partial charge < -0.3 is 14.8 Å². The van der Waals surface area contributed by atoms with Gasteiger partial charge >= 0.3 is 0 Å². The second-order valence-electron chi connectivity index (χ2n) is 5.16. The van der Waals surface area contributed by atoms with E-state index in [0.717, 1.165) is 38.1 Å². The molecule has 0 aliphatic carbocycles. The van der Waals surface area contributed by atoms with Crippen molar-refractivity contribution < 1.29 is 9.47 Å². The van der Waals surface area contributed by atoms with E-state index in [-0.39, 0.29) is 0 Å². The molecule has 112 valence electrons. The fraction of sp³-hybridized carbons (Fsp3) is 0.625. The molecular formula is C16H24ClNO2. The highest BCUT2D eigenvalue weighted by Crippen LogP contribution is 2.38. The Morgan fingerprint density at radius 1 is 1.15 bits per heavy atom. The van der Waals surface area contributed by atoms with E-state index >= 15 is 0 Å². The van der Waals surface area contributed by atoms with Crippen molar-refractivity contribution in [2.45, 2.75) is 39.0 Å². The van der Waals surface area contributed by atoms with Crippen molar-refractivity contribution >= 4 is 11.6 Å². The molecule has 1 aromatic carbocycles. The van der Waals surface area contributed by atoms with Crippen molar-refractivity contribution in [2.75, 3.05) is 26.3 Å². The lowest BCUT2D eigenvalue weighted by Gasteiger charge is -2.11. The molecule has 0 atom stereocenters. The van der Waals surface area contributed by atoms with Crippen LogP contribution in [0.3, 0.4) is 0 Å². The number of hydrogen-bond acceptors (Lipinski definition) is 3. The monoisotopic (exact) mass is 297 g/mol. The van der Waals surface area contributed by atoms with Crippen molar-refractivity contribution in [2.24, 2.45) is 0 Å². The summed E-state index contributed by atoms with van der Waals surface area (Å²) in [6, 6.07) is 4.08. The summed E-state index contributed by atoms with van der Waals surface area (Å²) in [6.07, 6.45) is 5.48. The number of fused-ring (bicyclic) bond motifs is 1. The smallest absolute Gasteiger partial charge is 0.179 e. The molecule has 1 aliphatic heterocycles. The molecular weight excluding hydrogens is 274 g/mol. The van der Waals surface area contributed by atoms with E-state index < -0.39 is 0 Å². The fourth-order valence-corrected chi connectivity index (χ4v) is 2.60. The van der Waals surface area contributed by atoms with Gasteiger partial charge in [0.1, 0.15) is 0 Å². The molecule has 20 heavy (non-hydrogen) atoms. The lowest BCUT2D eigenvalue weighted by molar-refractivity contribution is 0.297. The summed E-state index contributed by atoms with van der Waals surface area (Å²) < 4.78 is 11.3.